The van der Waals surface area contributed by atoms with E-state index >= 15 is 0 Å². The number of amides is 2. The van der Waals surface area contributed by atoms with Gasteiger partial charge in [0.1, 0.15) is 6.04 Å². The molecule has 0 heterocycles. The molecule has 0 aliphatic carbocycles. The third-order valence-corrected chi connectivity index (χ3v) is 4.57. The van der Waals surface area contributed by atoms with Crippen molar-refractivity contribution in [3.8, 4) is 17.2 Å². The van der Waals surface area contributed by atoms with Crippen LogP contribution in [0.5, 0.6) is 17.2 Å². The minimum absolute atomic E-state index is 0.120. The van der Waals surface area contributed by atoms with Crippen LogP contribution in [0.3, 0.4) is 0 Å². The largest absolute Gasteiger partial charge is 0.493 e. The fourth-order valence-corrected chi connectivity index (χ4v) is 2.90. The number of carbonyl (C=O) groups is 2. The first-order valence-corrected chi connectivity index (χ1v) is 9.29. The van der Waals surface area contributed by atoms with Gasteiger partial charge >= 0.3 is 0 Å². The number of carbonyl (C=O) groups excluding carboxylic acids is 2. The second kappa shape index (κ2) is 9.82. The second-order valence-corrected chi connectivity index (χ2v) is 6.91. The number of para-hydroxylation sites is 1. The minimum atomic E-state index is -0.721. The van der Waals surface area contributed by atoms with Crippen LogP contribution in [-0.4, -0.2) is 39.2 Å². The second-order valence-electron chi connectivity index (χ2n) is 6.91. The number of anilines is 1. The standard InChI is InChI=1S/C22H28N2O5/c1-13(2)19(22(26)23-16-10-8-7-9-14(16)3)24-21(25)15-11-17(27-4)20(29-6)18(12-15)28-5/h7-13,19H,1-6H3,(H,23,26)(H,24,25). The normalized spacial score (nSPS) is 11.6. The molecule has 0 fully saturated rings. The molecular weight excluding hydrogens is 372 g/mol. The number of benzene rings is 2. The molecule has 0 saturated carbocycles. The fourth-order valence-electron chi connectivity index (χ4n) is 2.90. The van der Waals surface area contributed by atoms with Crippen molar-refractivity contribution in [2.24, 2.45) is 5.92 Å². The lowest BCUT2D eigenvalue weighted by molar-refractivity contribution is -0.118. The van der Waals surface area contributed by atoms with E-state index in [1.54, 1.807) is 12.1 Å². The lowest BCUT2D eigenvalue weighted by Crippen LogP contribution is -2.47. The SMILES string of the molecule is COc1cc(C(=O)NC(C(=O)Nc2ccccc2C)C(C)C)cc(OC)c1OC. The lowest BCUT2D eigenvalue weighted by atomic mass is 10.0. The van der Waals surface area contributed by atoms with Crippen LogP contribution in [-0.2, 0) is 4.79 Å². The average Bonchev–Trinajstić information content (AvgIpc) is 2.71. The quantitative estimate of drug-likeness (QED) is 0.709. The highest BCUT2D eigenvalue weighted by Gasteiger charge is 2.26. The molecule has 1 unspecified atom stereocenters. The molecule has 0 bridgehead atoms. The smallest absolute Gasteiger partial charge is 0.252 e. The van der Waals surface area contributed by atoms with Crippen molar-refractivity contribution in [1.29, 1.82) is 0 Å². The summed E-state index contributed by atoms with van der Waals surface area (Å²) in [6.45, 7) is 5.66. The van der Waals surface area contributed by atoms with E-state index in [0.717, 1.165) is 5.56 Å². The van der Waals surface area contributed by atoms with Gasteiger partial charge in [-0.1, -0.05) is 32.0 Å². The maximum atomic E-state index is 12.9. The van der Waals surface area contributed by atoms with E-state index in [1.807, 2.05) is 45.0 Å². The van der Waals surface area contributed by atoms with Crippen LogP contribution in [0.25, 0.3) is 0 Å². The van der Waals surface area contributed by atoms with Crippen LogP contribution in [0.2, 0.25) is 0 Å². The molecule has 1 atom stereocenters. The van der Waals surface area contributed by atoms with Crippen molar-refractivity contribution in [2.75, 3.05) is 26.6 Å². The summed E-state index contributed by atoms with van der Waals surface area (Å²) in [7, 11) is 4.45. The van der Waals surface area contributed by atoms with Crippen molar-refractivity contribution in [1.82, 2.24) is 5.32 Å². The molecule has 0 aliphatic heterocycles. The van der Waals surface area contributed by atoms with E-state index in [0.29, 0.717) is 28.5 Å². The Labute approximate surface area is 171 Å². The van der Waals surface area contributed by atoms with Crippen molar-refractivity contribution < 1.29 is 23.8 Å². The number of hydrogen-bond donors (Lipinski definition) is 2. The van der Waals surface area contributed by atoms with Gasteiger partial charge in [0.15, 0.2) is 11.5 Å². The van der Waals surface area contributed by atoms with E-state index in [-0.39, 0.29) is 11.8 Å². The molecule has 29 heavy (non-hydrogen) atoms. The molecule has 2 aromatic rings. The first kappa shape index (κ1) is 22.1. The zero-order valence-electron chi connectivity index (χ0n) is 17.7. The summed E-state index contributed by atoms with van der Waals surface area (Å²) in [6.07, 6.45) is 0. The molecule has 0 radical (unpaired) electrons. The number of ether oxygens (including phenoxy) is 3. The summed E-state index contributed by atoms with van der Waals surface area (Å²) in [4.78, 5) is 25.7. The summed E-state index contributed by atoms with van der Waals surface area (Å²) < 4.78 is 15.9. The molecule has 7 heteroatoms. The van der Waals surface area contributed by atoms with Gasteiger partial charge in [-0.25, -0.2) is 0 Å². The van der Waals surface area contributed by atoms with Gasteiger partial charge in [0.05, 0.1) is 21.3 Å². The highest BCUT2D eigenvalue weighted by Crippen LogP contribution is 2.38. The van der Waals surface area contributed by atoms with E-state index in [2.05, 4.69) is 10.6 Å². The van der Waals surface area contributed by atoms with E-state index in [4.69, 9.17) is 14.2 Å². The van der Waals surface area contributed by atoms with E-state index in [9.17, 15) is 9.59 Å². The van der Waals surface area contributed by atoms with Crippen molar-refractivity contribution in [3.63, 3.8) is 0 Å². The topological polar surface area (TPSA) is 85.9 Å². The Bertz CT molecular complexity index is 854. The number of hydrogen-bond acceptors (Lipinski definition) is 5. The van der Waals surface area contributed by atoms with Crippen LogP contribution < -0.4 is 24.8 Å². The maximum Gasteiger partial charge on any atom is 0.252 e. The van der Waals surface area contributed by atoms with Crippen LogP contribution in [0.15, 0.2) is 36.4 Å². The number of rotatable bonds is 8. The summed E-state index contributed by atoms with van der Waals surface area (Å²) in [5, 5.41) is 5.70. The maximum absolute atomic E-state index is 12.9. The molecular formula is C22H28N2O5. The van der Waals surface area contributed by atoms with Crippen LogP contribution in [0.1, 0.15) is 29.8 Å². The van der Waals surface area contributed by atoms with Crippen molar-refractivity contribution >= 4 is 17.5 Å². The predicted molar refractivity (Wildman–Crippen MR) is 112 cm³/mol. The Morgan fingerprint density at radius 1 is 0.931 bits per heavy atom. The van der Waals surface area contributed by atoms with Gasteiger partial charge in [-0.05, 0) is 36.6 Å². The van der Waals surface area contributed by atoms with Gasteiger partial charge in [0.25, 0.3) is 5.91 Å². The molecule has 0 aromatic heterocycles. The molecule has 156 valence electrons. The first-order chi connectivity index (χ1) is 13.8. The molecule has 0 aliphatic rings. The minimum Gasteiger partial charge on any atom is -0.493 e. The van der Waals surface area contributed by atoms with Crippen LogP contribution in [0.4, 0.5) is 5.69 Å². The van der Waals surface area contributed by atoms with E-state index < -0.39 is 11.9 Å². The highest BCUT2D eigenvalue weighted by atomic mass is 16.5. The van der Waals surface area contributed by atoms with E-state index in [1.165, 1.54) is 21.3 Å². The molecule has 2 aromatic carbocycles. The van der Waals surface area contributed by atoms with Crippen molar-refractivity contribution in [2.45, 2.75) is 26.8 Å². The zero-order chi connectivity index (χ0) is 21.6. The highest BCUT2D eigenvalue weighted by molar-refractivity contribution is 6.02. The Balaban J connectivity index is 2.25. The third kappa shape index (κ3) is 5.19. The molecule has 0 spiro atoms. The van der Waals surface area contributed by atoms with Gasteiger partial charge in [0.2, 0.25) is 11.7 Å². The Kier molecular flexibility index (Phi) is 7.47. The number of nitrogens with one attached hydrogen (secondary N) is 2. The first-order valence-electron chi connectivity index (χ1n) is 9.29. The van der Waals surface area contributed by atoms with Gasteiger partial charge in [0, 0.05) is 11.3 Å². The summed E-state index contributed by atoms with van der Waals surface area (Å²) >= 11 is 0. The third-order valence-electron chi connectivity index (χ3n) is 4.57. The monoisotopic (exact) mass is 400 g/mol. The molecule has 2 rings (SSSR count). The van der Waals surface area contributed by atoms with Crippen molar-refractivity contribution in [3.05, 3.63) is 47.5 Å². The number of methoxy groups -OCH3 is 3. The van der Waals surface area contributed by atoms with Gasteiger partial charge in [-0.2, -0.15) is 0 Å². The Hall–Kier alpha value is -3.22. The van der Waals surface area contributed by atoms with Crippen LogP contribution >= 0.6 is 0 Å². The Morgan fingerprint density at radius 3 is 2.00 bits per heavy atom. The lowest BCUT2D eigenvalue weighted by Gasteiger charge is -2.23. The molecule has 0 saturated heterocycles. The molecule has 2 amide bonds. The summed E-state index contributed by atoms with van der Waals surface area (Å²) in [5.41, 5.74) is 1.96. The van der Waals surface area contributed by atoms with Gasteiger partial charge in [-0.3, -0.25) is 9.59 Å². The predicted octanol–water partition coefficient (Wildman–Crippen LogP) is 3.41. The zero-order valence-corrected chi connectivity index (χ0v) is 17.7. The van der Waals surface area contributed by atoms with Crippen LogP contribution in [0, 0.1) is 12.8 Å². The fraction of sp³-hybridized carbons (Fsp3) is 0.364. The van der Waals surface area contributed by atoms with Gasteiger partial charge < -0.3 is 24.8 Å². The molecule has 2 N–H and O–H groups in total. The average molecular weight is 400 g/mol. The number of aryl methyl sites for hydroxylation is 1. The van der Waals surface area contributed by atoms with Gasteiger partial charge in [-0.15, -0.1) is 0 Å². The Morgan fingerprint density at radius 2 is 1.52 bits per heavy atom. The summed E-state index contributed by atoms with van der Waals surface area (Å²) in [6, 6.07) is 9.86. The summed E-state index contributed by atoms with van der Waals surface area (Å²) in [5.74, 6) is 0.303. The molecule has 7 nitrogen and oxygen atoms in total.